The van der Waals surface area contributed by atoms with Gasteiger partial charge in [0.1, 0.15) is 11.9 Å². The Balaban J connectivity index is 2.77. The number of nitrogens with zero attached hydrogens (tertiary/aromatic N) is 1. The highest BCUT2D eigenvalue weighted by Crippen LogP contribution is 2.23. The number of rotatable bonds is 5. The van der Waals surface area contributed by atoms with Crippen LogP contribution in [-0.2, 0) is 0 Å². The molecular formula is C11H15N3O3. The molecule has 0 aliphatic carbocycles. The monoisotopic (exact) mass is 237 g/mol. The maximum absolute atomic E-state index is 10.6. The molecule has 92 valence electrons. The molecule has 0 radical (unpaired) electrons. The zero-order chi connectivity index (χ0) is 13.0. The van der Waals surface area contributed by atoms with Crippen LogP contribution in [0.1, 0.15) is 18.9 Å². The van der Waals surface area contributed by atoms with E-state index in [1.165, 1.54) is 6.07 Å². The van der Waals surface area contributed by atoms with Gasteiger partial charge in [0.15, 0.2) is 0 Å². The van der Waals surface area contributed by atoms with Gasteiger partial charge in [-0.2, -0.15) is 0 Å². The highest BCUT2D eigenvalue weighted by Gasteiger charge is 2.12. The molecule has 0 saturated carbocycles. The summed E-state index contributed by atoms with van der Waals surface area (Å²) in [6, 6.07) is 4.56. The number of hydrogen-bond donors (Lipinski definition) is 2. The standard InChI is InChI=1S/C11H15N3O3/c1-7-5-9(3-4-10(7)14(15)16)17-8(2)6-11(12)13/h3-5,8H,6H2,1-2H3,(H3,12,13). The van der Waals surface area contributed by atoms with Gasteiger partial charge in [0.2, 0.25) is 0 Å². The third kappa shape index (κ3) is 3.75. The largest absolute Gasteiger partial charge is 0.490 e. The zero-order valence-corrected chi connectivity index (χ0v) is 9.77. The molecule has 0 aromatic heterocycles. The summed E-state index contributed by atoms with van der Waals surface area (Å²) in [4.78, 5) is 10.2. The van der Waals surface area contributed by atoms with Crippen molar-refractivity contribution in [2.24, 2.45) is 5.73 Å². The van der Waals surface area contributed by atoms with E-state index in [0.29, 0.717) is 17.7 Å². The van der Waals surface area contributed by atoms with Gasteiger partial charge in [-0.3, -0.25) is 15.5 Å². The van der Waals surface area contributed by atoms with Gasteiger partial charge >= 0.3 is 0 Å². The van der Waals surface area contributed by atoms with Crippen LogP contribution in [0.5, 0.6) is 5.75 Å². The second-order valence-corrected chi connectivity index (χ2v) is 3.86. The van der Waals surface area contributed by atoms with Crippen LogP contribution in [0.4, 0.5) is 5.69 Å². The van der Waals surface area contributed by atoms with Crippen molar-refractivity contribution < 1.29 is 9.66 Å². The molecule has 0 amide bonds. The van der Waals surface area contributed by atoms with Crippen molar-refractivity contribution in [1.29, 1.82) is 5.41 Å². The van der Waals surface area contributed by atoms with Gasteiger partial charge in [0.25, 0.3) is 5.69 Å². The Hall–Kier alpha value is -2.11. The van der Waals surface area contributed by atoms with Crippen LogP contribution in [0.3, 0.4) is 0 Å². The van der Waals surface area contributed by atoms with Crippen molar-refractivity contribution in [2.45, 2.75) is 26.4 Å². The fraction of sp³-hybridized carbons (Fsp3) is 0.364. The summed E-state index contributed by atoms with van der Waals surface area (Å²) in [6.45, 7) is 3.44. The maximum atomic E-state index is 10.6. The lowest BCUT2D eigenvalue weighted by Gasteiger charge is -2.14. The fourth-order valence-electron chi connectivity index (χ4n) is 1.49. The molecule has 3 N–H and O–H groups in total. The Bertz CT molecular complexity index is 446. The highest BCUT2D eigenvalue weighted by molar-refractivity contribution is 5.77. The molecule has 1 aromatic carbocycles. The van der Waals surface area contributed by atoms with Crippen LogP contribution < -0.4 is 10.5 Å². The van der Waals surface area contributed by atoms with Crippen molar-refractivity contribution in [3.8, 4) is 5.75 Å². The third-order valence-corrected chi connectivity index (χ3v) is 2.21. The van der Waals surface area contributed by atoms with Crippen LogP contribution in [0.2, 0.25) is 0 Å². The summed E-state index contributed by atoms with van der Waals surface area (Å²) in [5.74, 6) is 0.595. The molecule has 0 bridgehead atoms. The number of hydrogen-bond acceptors (Lipinski definition) is 4. The van der Waals surface area contributed by atoms with E-state index in [9.17, 15) is 10.1 Å². The second-order valence-electron chi connectivity index (χ2n) is 3.86. The smallest absolute Gasteiger partial charge is 0.272 e. The minimum absolute atomic E-state index is 0.0520. The van der Waals surface area contributed by atoms with E-state index in [1.807, 2.05) is 0 Å². The summed E-state index contributed by atoms with van der Waals surface area (Å²) in [6.07, 6.45) is 0.101. The summed E-state index contributed by atoms with van der Waals surface area (Å²) in [5, 5.41) is 17.8. The minimum Gasteiger partial charge on any atom is -0.490 e. The predicted octanol–water partition coefficient (Wildman–Crippen LogP) is 2.00. The molecule has 0 spiro atoms. The van der Waals surface area contributed by atoms with Gasteiger partial charge in [-0.25, -0.2) is 0 Å². The molecule has 1 aromatic rings. The normalized spacial score (nSPS) is 11.9. The van der Waals surface area contributed by atoms with E-state index in [-0.39, 0.29) is 17.6 Å². The molecule has 0 heterocycles. The number of nitrogens with one attached hydrogen (secondary N) is 1. The SMILES string of the molecule is Cc1cc(OC(C)CC(=N)N)ccc1[N+](=O)[O-]. The first kappa shape index (κ1) is 13.0. The van der Waals surface area contributed by atoms with E-state index >= 15 is 0 Å². The molecule has 17 heavy (non-hydrogen) atoms. The molecule has 6 nitrogen and oxygen atoms in total. The van der Waals surface area contributed by atoms with Gasteiger partial charge in [0, 0.05) is 18.1 Å². The summed E-state index contributed by atoms with van der Waals surface area (Å²) in [5.41, 5.74) is 5.87. The quantitative estimate of drug-likeness (QED) is 0.354. The lowest BCUT2D eigenvalue weighted by molar-refractivity contribution is -0.385. The Labute approximate surface area is 99.0 Å². The Morgan fingerprint density at radius 1 is 1.65 bits per heavy atom. The Morgan fingerprint density at radius 3 is 2.76 bits per heavy atom. The lowest BCUT2D eigenvalue weighted by atomic mass is 10.2. The average molecular weight is 237 g/mol. The van der Waals surface area contributed by atoms with Crippen molar-refractivity contribution in [3.05, 3.63) is 33.9 Å². The van der Waals surface area contributed by atoms with Gasteiger partial charge in [-0.05, 0) is 26.0 Å². The molecule has 0 fully saturated rings. The first-order valence-corrected chi connectivity index (χ1v) is 5.14. The molecule has 1 atom stereocenters. The predicted molar refractivity (Wildman–Crippen MR) is 64.5 cm³/mol. The van der Waals surface area contributed by atoms with Crippen LogP contribution in [0, 0.1) is 22.4 Å². The lowest BCUT2D eigenvalue weighted by Crippen LogP contribution is -2.21. The fourth-order valence-corrected chi connectivity index (χ4v) is 1.49. The van der Waals surface area contributed by atoms with Crippen LogP contribution >= 0.6 is 0 Å². The molecule has 0 aliphatic rings. The van der Waals surface area contributed by atoms with E-state index in [2.05, 4.69) is 0 Å². The van der Waals surface area contributed by atoms with E-state index in [4.69, 9.17) is 15.9 Å². The molecule has 1 rings (SSSR count). The number of amidine groups is 1. The average Bonchev–Trinajstić information content (AvgIpc) is 2.15. The van der Waals surface area contributed by atoms with Crippen molar-refractivity contribution in [1.82, 2.24) is 0 Å². The van der Waals surface area contributed by atoms with Crippen molar-refractivity contribution in [3.63, 3.8) is 0 Å². The second kappa shape index (κ2) is 5.29. The number of nitrogens with two attached hydrogens (primary N) is 1. The number of aryl methyl sites for hydroxylation is 1. The summed E-state index contributed by atoms with van der Waals surface area (Å²) in [7, 11) is 0. The number of nitro benzene ring substituents is 1. The molecule has 0 saturated heterocycles. The Morgan fingerprint density at radius 2 is 2.29 bits per heavy atom. The van der Waals surface area contributed by atoms with Crippen LogP contribution in [-0.4, -0.2) is 16.9 Å². The first-order chi connectivity index (χ1) is 7.90. The van der Waals surface area contributed by atoms with E-state index < -0.39 is 4.92 Å². The van der Waals surface area contributed by atoms with Gasteiger partial charge in [-0.1, -0.05) is 0 Å². The van der Waals surface area contributed by atoms with Gasteiger partial charge < -0.3 is 10.5 Å². The maximum Gasteiger partial charge on any atom is 0.272 e. The van der Waals surface area contributed by atoms with E-state index in [1.54, 1.807) is 26.0 Å². The van der Waals surface area contributed by atoms with Crippen LogP contribution in [0.25, 0.3) is 0 Å². The number of ether oxygens (including phenoxy) is 1. The van der Waals surface area contributed by atoms with Crippen molar-refractivity contribution >= 4 is 11.5 Å². The minimum atomic E-state index is -0.432. The van der Waals surface area contributed by atoms with Gasteiger partial charge in [-0.15, -0.1) is 0 Å². The zero-order valence-electron chi connectivity index (χ0n) is 9.77. The van der Waals surface area contributed by atoms with Crippen molar-refractivity contribution in [2.75, 3.05) is 0 Å². The highest BCUT2D eigenvalue weighted by atomic mass is 16.6. The third-order valence-electron chi connectivity index (χ3n) is 2.21. The Kier molecular flexibility index (Phi) is 4.03. The molecule has 1 unspecified atom stereocenters. The first-order valence-electron chi connectivity index (χ1n) is 5.14. The van der Waals surface area contributed by atoms with E-state index in [0.717, 1.165) is 0 Å². The molecule has 6 heteroatoms. The summed E-state index contributed by atoms with van der Waals surface area (Å²) >= 11 is 0. The molecule has 0 aliphatic heterocycles. The number of benzene rings is 1. The van der Waals surface area contributed by atoms with Gasteiger partial charge in [0.05, 0.1) is 10.8 Å². The number of nitro groups is 1. The summed E-state index contributed by atoms with van der Waals surface area (Å²) < 4.78 is 5.50. The molecular weight excluding hydrogens is 222 g/mol. The topological polar surface area (TPSA) is 102 Å². The van der Waals surface area contributed by atoms with Crippen LogP contribution in [0.15, 0.2) is 18.2 Å².